The molecule has 0 aliphatic heterocycles. The van der Waals surface area contributed by atoms with E-state index in [2.05, 4.69) is 15.2 Å². The van der Waals surface area contributed by atoms with Crippen LogP contribution in [0.2, 0.25) is 0 Å². The van der Waals surface area contributed by atoms with Crippen molar-refractivity contribution < 1.29 is 21.6 Å². The molecule has 9 heteroatoms. The summed E-state index contributed by atoms with van der Waals surface area (Å²) in [5.74, 6) is -1.16. The minimum atomic E-state index is -4.59. The number of rotatable bonds is 3. The molecular weight excluding hydrogens is 295 g/mol. The van der Waals surface area contributed by atoms with E-state index in [0.29, 0.717) is 5.56 Å². The second-order valence-electron chi connectivity index (χ2n) is 4.20. The van der Waals surface area contributed by atoms with E-state index >= 15 is 0 Å². The van der Waals surface area contributed by atoms with E-state index in [1.165, 1.54) is 24.3 Å². The minimum absolute atomic E-state index is 0.0597. The van der Waals surface area contributed by atoms with Crippen molar-refractivity contribution in [3.8, 4) is 0 Å². The topological polar surface area (TPSA) is 75.7 Å². The van der Waals surface area contributed by atoms with E-state index < -0.39 is 21.8 Å². The molecule has 2 aromatic rings. The number of halogens is 3. The van der Waals surface area contributed by atoms with Crippen LogP contribution >= 0.6 is 0 Å². The zero-order valence-corrected chi connectivity index (χ0v) is 11.1. The number of aromatic nitrogens is 3. The quantitative estimate of drug-likeness (QED) is 0.938. The summed E-state index contributed by atoms with van der Waals surface area (Å²) < 4.78 is 59.5. The third-order valence-electron chi connectivity index (χ3n) is 2.51. The lowest BCUT2D eigenvalue weighted by Gasteiger charge is -2.01. The molecule has 0 atom stereocenters. The molecule has 1 aromatic carbocycles. The number of alkyl halides is 3. The Kier molecular flexibility index (Phi) is 3.55. The van der Waals surface area contributed by atoms with Crippen LogP contribution in [-0.4, -0.2) is 29.9 Å². The first-order valence-corrected chi connectivity index (χ1v) is 7.33. The fourth-order valence-electron chi connectivity index (χ4n) is 1.55. The van der Waals surface area contributed by atoms with Gasteiger partial charge in [0, 0.05) is 12.7 Å². The van der Waals surface area contributed by atoms with Gasteiger partial charge in [-0.15, -0.1) is 5.10 Å². The van der Waals surface area contributed by atoms with Crippen molar-refractivity contribution in [3.63, 3.8) is 0 Å². The molecule has 5 nitrogen and oxygen atoms in total. The number of nitrogens with zero attached hydrogens (tertiary/aromatic N) is 2. The number of hydrogen-bond acceptors (Lipinski definition) is 4. The molecule has 1 heterocycles. The molecule has 0 aliphatic carbocycles. The molecule has 20 heavy (non-hydrogen) atoms. The third-order valence-corrected chi connectivity index (χ3v) is 3.64. The second-order valence-corrected chi connectivity index (χ2v) is 6.21. The Morgan fingerprint density at radius 1 is 1.20 bits per heavy atom. The summed E-state index contributed by atoms with van der Waals surface area (Å²) in [6.45, 7) is 0. The van der Waals surface area contributed by atoms with Crippen molar-refractivity contribution >= 4 is 9.84 Å². The van der Waals surface area contributed by atoms with Gasteiger partial charge in [-0.25, -0.2) is 13.4 Å². The van der Waals surface area contributed by atoms with Crippen LogP contribution in [0.3, 0.4) is 0 Å². The van der Waals surface area contributed by atoms with Gasteiger partial charge in [0.15, 0.2) is 9.84 Å². The van der Waals surface area contributed by atoms with Gasteiger partial charge < -0.3 is 0 Å². The van der Waals surface area contributed by atoms with Crippen molar-refractivity contribution in [3.05, 3.63) is 41.5 Å². The van der Waals surface area contributed by atoms with Crippen molar-refractivity contribution in [2.75, 3.05) is 6.26 Å². The van der Waals surface area contributed by atoms with E-state index in [-0.39, 0.29) is 17.1 Å². The van der Waals surface area contributed by atoms with Gasteiger partial charge in [-0.2, -0.15) is 13.2 Å². The maximum absolute atomic E-state index is 12.3. The number of nitrogens with one attached hydrogen (secondary N) is 1. The maximum Gasteiger partial charge on any atom is 0.453 e. The summed E-state index contributed by atoms with van der Waals surface area (Å²) in [7, 11) is -3.29. The van der Waals surface area contributed by atoms with Crippen molar-refractivity contribution in [1.82, 2.24) is 15.2 Å². The summed E-state index contributed by atoms with van der Waals surface area (Å²) in [5.41, 5.74) is 0.627. The Morgan fingerprint density at radius 3 is 2.25 bits per heavy atom. The first kappa shape index (κ1) is 14.5. The summed E-state index contributed by atoms with van der Waals surface area (Å²) in [6.07, 6.45) is -3.41. The van der Waals surface area contributed by atoms with Gasteiger partial charge in [0.05, 0.1) is 4.90 Å². The lowest BCUT2D eigenvalue weighted by molar-refractivity contribution is -0.144. The number of benzene rings is 1. The first-order chi connectivity index (χ1) is 9.16. The van der Waals surface area contributed by atoms with Crippen LogP contribution < -0.4 is 0 Å². The third kappa shape index (κ3) is 3.35. The number of sulfone groups is 1. The van der Waals surface area contributed by atoms with Gasteiger partial charge in [-0.05, 0) is 17.7 Å². The van der Waals surface area contributed by atoms with Crippen LogP contribution in [0.15, 0.2) is 29.2 Å². The van der Waals surface area contributed by atoms with Crippen LogP contribution in [0, 0.1) is 0 Å². The summed E-state index contributed by atoms with van der Waals surface area (Å²) in [6, 6.07) is 5.83. The van der Waals surface area contributed by atoms with Crippen LogP contribution in [-0.2, 0) is 22.4 Å². The fourth-order valence-corrected chi connectivity index (χ4v) is 2.18. The summed E-state index contributed by atoms with van der Waals surface area (Å²) >= 11 is 0. The SMILES string of the molecule is CS(=O)(=O)c1ccc(Cc2nc(C(F)(F)F)n[nH]2)cc1. The van der Waals surface area contributed by atoms with Gasteiger partial charge in [-0.1, -0.05) is 12.1 Å². The highest BCUT2D eigenvalue weighted by molar-refractivity contribution is 7.90. The summed E-state index contributed by atoms with van der Waals surface area (Å²) in [4.78, 5) is 3.49. The van der Waals surface area contributed by atoms with Gasteiger partial charge in [-0.3, -0.25) is 5.10 Å². The molecule has 0 radical (unpaired) electrons. The predicted molar refractivity (Wildman–Crippen MR) is 63.7 cm³/mol. The molecule has 0 amide bonds. The van der Waals surface area contributed by atoms with Gasteiger partial charge in [0.2, 0.25) is 0 Å². The monoisotopic (exact) mass is 305 g/mol. The molecule has 0 bridgehead atoms. The van der Waals surface area contributed by atoms with Crippen LogP contribution in [0.5, 0.6) is 0 Å². The molecule has 0 saturated carbocycles. The predicted octanol–water partition coefficient (Wildman–Crippen LogP) is 1.82. The number of H-pyrrole nitrogens is 1. The first-order valence-electron chi connectivity index (χ1n) is 5.44. The molecule has 1 N–H and O–H groups in total. The minimum Gasteiger partial charge on any atom is -0.262 e. The highest BCUT2D eigenvalue weighted by atomic mass is 32.2. The van der Waals surface area contributed by atoms with Crippen LogP contribution in [0.25, 0.3) is 0 Å². The highest BCUT2D eigenvalue weighted by Crippen LogP contribution is 2.25. The van der Waals surface area contributed by atoms with Crippen molar-refractivity contribution in [1.29, 1.82) is 0 Å². The van der Waals surface area contributed by atoms with E-state index in [1.54, 1.807) is 0 Å². The van der Waals surface area contributed by atoms with Gasteiger partial charge in [0.25, 0.3) is 5.82 Å². The maximum atomic E-state index is 12.3. The molecule has 0 fully saturated rings. The molecule has 0 unspecified atom stereocenters. The van der Waals surface area contributed by atoms with E-state index in [1.807, 2.05) is 0 Å². The molecule has 1 aromatic heterocycles. The summed E-state index contributed by atoms with van der Waals surface area (Å²) in [5, 5.41) is 5.29. The smallest absolute Gasteiger partial charge is 0.262 e. The average molecular weight is 305 g/mol. The Balaban J connectivity index is 2.17. The molecule has 108 valence electrons. The molecular formula is C11H10F3N3O2S. The number of hydrogen-bond donors (Lipinski definition) is 1. The fraction of sp³-hybridized carbons (Fsp3) is 0.273. The normalized spacial score (nSPS) is 12.6. The molecule has 2 rings (SSSR count). The van der Waals surface area contributed by atoms with Gasteiger partial charge in [0.1, 0.15) is 5.82 Å². The van der Waals surface area contributed by atoms with Crippen LogP contribution in [0.1, 0.15) is 17.2 Å². The van der Waals surface area contributed by atoms with E-state index in [0.717, 1.165) is 6.26 Å². The molecule has 0 aliphatic rings. The molecule has 0 spiro atoms. The second kappa shape index (κ2) is 4.89. The van der Waals surface area contributed by atoms with Crippen molar-refractivity contribution in [2.45, 2.75) is 17.5 Å². The van der Waals surface area contributed by atoms with E-state index in [4.69, 9.17) is 0 Å². The Labute approximate surface area is 112 Å². The zero-order valence-electron chi connectivity index (χ0n) is 10.3. The largest absolute Gasteiger partial charge is 0.453 e. The lowest BCUT2D eigenvalue weighted by atomic mass is 10.1. The Morgan fingerprint density at radius 2 is 1.80 bits per heavy atom. The Hall–Kier alpha value is -1.90. The van der Waals surface area contributed by atoms with Crippen molar-refractivity contribution in [2.24, 2.45) is 0 Å². The lowest BCUT2D eigenvalue weighted by Crippen LogP contribution is -2.07. The zero-order chi connectivity index (χ0) is 15.0. The van der Waals surface area contributed by atoms with Gasteiger partial charge >= 0.3 is 6.18 Å². The highest BCUT2D eigenvalue weighted by Gasteiger charge is 2.35. The van der Waals surface area contributed by atoms with Crippen LogP contribution in [0.4, 0.5) is 13.2 Å². The van der Waals surface area contributed by atoms with E-state index in [9.17, 15) is 21.6 Å². The molecule has 0 saturated heterocycles. The standard InChI is InChI=1S/C11H10F3N3O2S/c1-20(18,19)8-4-2-7(3-5-8)6-9-15-10(17-16-9)11(12,13)14/h2-5H,6H2,1H3,(H,15,16,17). The Bertz CT molecular complexity index is 705. The average Bonchev–Trinajstić information content (AvgIpc) is 2.77. The number of aromatic amines is 1.